The Morgan fingerprint density at radius 1 is 1.27 bits per heavy atom. The lowest BCUT2D eigenvalue weighted by Gasteiger charge is -2.38. The lowest BCUT2D eigenvalue weighted by Crippen LogP contribution is -2.59. The molecule has 1 aromatic rings. The van der Waals surface area contributed by atoms with Crippen LogP contribution in [0, 0.1) is 28.6 Å². The highest BCUT2D eigenvalue weighted by molar-refractivity contribution is 6.01. The Balaban J connectivity index is 1.46. The van der Waals surface area contributed by atoms with Gasteiger partial charge in [0.15, 0.2) is 11.6 Å². The number of pyridine rings is 1. The predicted molar refractivity (Wildman–Crippen MR) is 142 cm³/mol. The molecule has 12 heteroatoms. The van der Waals surface area contributed by atoms with Crippen LogP contribution in [0.3, 0.4) is 0 Å². The van der Waals surface area contributed by atoms with Gasteiger partial charge in [-0.3, -0.25) is 14.4 Å². The number of ether oxygens (including phenoxy) is 2. The SMILES string of the molecule is COC(=O)N[C@H](C(=O)N1C[C@@H]2CCCC[C@@H]2[C@H]1C(=O)N1C[C@@]2(C[C@H]1C#N)Oc1cccnc1NC2=O)C(C)(C)C. The molecule has 1 spiro atoms. The molecule has 4 amide bonds. The summed E-state index contributed by atoms with van der Waals surface area (Å²) in [5.41, 5.74) is -2.10. The van der Waals surface area contributed by atoms with Gasteiger partial charge < -0.3 is 29.9 Å². The molecule has 0 radical (unpaired) electrons. The molecule has 1 aliphatic carbocycles. The van der Waals surface area contributed by atoms with Crippen molar-refractivity contribution in [1.29, 1.82) is 5.26 Å². The molecule has 4 heterocycles. The van der Waals surface area contributed by atoms with Gasteiger partial charge in [0, 0.05) is 19.2 Å². The highest BCUT2D eigenvalue weighted by Gasteiger charge is 2.59. The molecular formula is C28H36N6O6. The molecule has 5 rings (SSSR count). The number of likely N-dealkylation sites (tertiary alicyclic amines) is 2. The number of anilines is 1. The fraction of sp³-hybridized carbons (Fsp3) is 0.643. The minimum Gasteiger partial charge on any atom is -0.472 e. The number of fused-ring (bicyclic) bond motifs is 2. The molecule has 3 aliphatic heterocycles. The van der Waals surface area contributed by atoms with Crippen LogP contribution in [-0.4, -0.2) is 82.5 Å². The minimum absolute atomic E-state index is 0.00131. The summed E-state index contributed by atoms with van der Waals surface area (Å²) < 4.78 is 10.9. The Labute approximate surface area is 233 Å². The topological polar surface area (TPSA) is 154 Å². The summed E-state index contributed by atoms with van der Waals surface area (Å²) in [6.45, 7) is 5.79. The summed E-state index contributed by atoms with van der Waals surface area (Å²) >= 11 is 0. The quantitative estimate of drug-likeness (QED) is 0.578. The van der Waals surface area contributed by atoms with E-state index in [-0.39, 0.29) is 36.6 Å². The zero-order valence-corrected chi connectivity index (χ0v) is 23.3. The average molecular weight is 553 g/mol. The van der Waals surface area contributed by atoms with Crippen LogP contribution in [0.1, 0.15) is 52.9 Å². The van der Waals surface area contributed by atoms with Gasteiger partial charge in [-0.2, -0.15) is 5.26 Å². The van der Waals surface area contributed by atoms with Gasteiger partial charge in [0.05, 0.1) is 19.7 Å². The predicted octanol–water partition coefficient (Wildman–Crippen LogP) is 2.06. The van der Waals surface area contributed by atoms with E-state index in [0.717, 1.165) is 25.7 Å². The van der Waals surface area contributed by atoms with Gasteiger partial charge in [-0.05, 0) is 42.2 Å². The number of amides is 4. The second kappa shape index (κ2) is 10.3. The van der Waals surface area contributed by atoms with E-state index >= 15 is 0 Å². The lowest BCUT2D eigenvalue weighted by molar-refractivity contribution is -0.148. The van der Waals surface area contributed by atoms with Crippen LogP contribution >= 0.6 is 0 Å². The van der Waals surface area contributed by atoms with Crippen LogP contribution in [0.5, 0.6) is 5.75 Å². The van der Waals surface area contributed by atoms with E-state index in [4.69, 9.17) is 9.47 Å². The number of hydrogen-bond donors (Lipinski definition) is 2. The third kappa shape index (κ3) is 4.71. The standard InChI is InChI=1S/C28H36N6O6/c1-27(2,3)21(31-26(38)39-4)24(36)33-14-16-8-5-6-9-18(16)20(33)23(35)34-15-28(12-17(34)13-29)25(37)32-22-19(40-28)10-7-11-30-22/h7,10-11,16-18,20-21H,5-6,8-9,12,14-15H2,1-4H3,(H,31,38)(H,30,32,37)/t16-,17-,18-,20-,21+,28+/m0/s1. The van der Waals surface area contributed by atoms with Crippen LogP contribution in [0.4, 0.5) is 10.6 Å². The molecule has 1 aromatic heterocycles. The number of methoxy groups -OCH3 is 1. The zero-order chi connectivity index (χ0) is 28.8. The average Bonchev–Trinajstić information content (AvgIpc) is 3.50. The van der Waals surface area contributed by atoms with Crippen molar-refractivity contribution in [2.75, 3.05) is 25.5 Å². The maximum Gasteiger partial charge on any atom is 0.407 e. The first-order valence-electron chi connectivity index (χ1n) is 13.8. The summed E-state index contributed by atoms with van der Waals surface area (Å²) in [5.74, 6) is -0.467. The summed E-state index contributed by atoms with van der Waals surface area (Å²) in [5, 5.41) is 15.5. The first-order valence-corrected chi connectivity index (χ1v) is 13.8. The Bertz CT molecular complexity index is 1260. The molecule has 3 fully saturated rings. The zero-order valence-electron chi connectivity index (χ0n) is 23.3. The normalized spacial score (nSPS) is 29.9. The Morgan fingerprint density at radius 3 is 2.73 bits per heavy atom. The first-order chi connectivity index (χ1) is 19.0. The van der Waals surface area contributed by atoms with E-state index in [1.54, 1.807) is 17.0 Å². The van der Waals surface area contributed by atoms with Crippen molar-refractivity contribution in [3.05, 3.63) is 18.3 Å². The lowest BCUT2D eigenvalue weighted by atomic mass is 9.78. The minimum atomic E-state index is -1.44. The number of aromatic nitrogens is 1. The molecule has 40 heavy (non-hydrogen) atoms. The van der Waals surface area contributed by atoms with E-state index in [1.165, 1.54) is 18.2 Å². The van der Waals surface area contributed by atoms with Gasteiger partial charge in [-0.1, -0.05) is 33.6 Å². The van der Waals surface area contributed by atoms with E-state index in [9.17, 15) is 24.4 Å². The molecule has 0 unspecified atom stereocenters. The largest absolute Gasteiger partial charge is 0.472 e. The second-order valence-corrected chi connectivity index (χ2v) is 12.3. The van der Waals surface area contributed by atoms with E-state index in [1.807, 2.05) is 20.8 Å². The molecular weight excluding hydrogens is 516 g/mol. The van der Waals surface area contributed by atoms with Crippen molar-refractivity contribution in [3.63, 3.8) is 0 Å². The van der Waals surface area contributed by atoms with Crippen LogP contribution in [0.2, 0.25) is 0 Å². The number of nitriles is 1. The van der Waals surface area contributed by atoms with Crippen molar-refractivity contribution in [1.82, 2.24) is 20.1 Å². The third-order valence-electron chi connectivity index (χ3n) is 8.72. The second-order valence-electron chi connectivity index (χ2n) is 12.3. The van der Waals surface area contributed by atoms with Crippen LogP contribution < -0.4 is 15.4 Å². The summed E-state index contributed by atoms with van der Waals surface area (Å²) in [7, 11) is 1.24. The Hall–Kier alpha value is -3.88. The number of alkyl carbamates (subject to hydrolysis) is 1. The third-order valence-corrected chi connectivity index (χ3v) is 8.72. The van der Waals surface area contributed by atoms with Gasteiger partial charge in [0.25, 0.3) is 5.91 Å². The van der Waals surface area contributed by atoms with Gasteiger partial charge in [-0.25, -0.2) is 9.78 Å². The van der Waals surface area contributed by atoms with E-state index in [0.29, 0.717) is 18.1 Å². The van der Waals surface area contributed by atoms with Gasteiger partial charge in [0.2, 0.25) is 17.4 Å². The number of nitrogens with one attached hydrogen (secondary N) is 2. The fourth-order valence-electron chi connectivity index (χ4n) is 6.68. The van der Waals surface area contributed by atoms with Gasteiger partial charge in [-0.15, -0.1) is 0 Å². The molecule has 2 saturated heterocycles. The molecule has 0 aromatic carbocycles. The molecule has 6 atom stereocenters. The Morgan fingerprint density at radius 2 is 2.02 bits per heavy atom. The monoisotopic (exact) mass is 552 g/mol. The summed E-state index contributed by atoms with van der Waals surface area (Å²) in [6.07, 6.45) is 4.44. The molecule has 1 saturated carbocycles. The van der Waals surface area contributed by atoms with Gasteiger partial charge >= 0.3 is 6.09 Å². The summed E-state index contributed by atoms with van der Waals surface area (Å²) in [4.78, 5) is 61.0. The molecule has 4 aliphatic rings. The number of hydrogen-bond acceptors (Lipinski definition) is 8. The highest BCUT2D eigenvalue weighted by atomic mass is 16.5. The van der Waals surface area contributed by atoms with Crippen molar-refractivity contribution < 1.29 is 28.7 Å². The highest BCUT2D eigenvalue weighted by Crippen LogP contribution is 2.44. The number of carbonyl (C=O) groups excluding carboxylic acids is 4. The van der Waals surface area contributed by atoms with Crippen LogP contribution in [0.15, 0.2) is 18.3 Å². The molecule has 214 valence electrons. The van der Waals surface area contributed by atoms with Crippen molar-refractivity contribution >= 4 is 29.6 Å². The number of rotatable bonds is 3. The number of carbonyl (C=O) groups is 4. The summed E-state index contributed by atoms with van der Waals surface area (Å²) in [6, 6.07) is 2.90. The number of nitrogens with zero attached hydrogens (tertiary/aromatic N) is 4. The Kier molecular flexibility index (Phi) is 7.10. The molecule has 0 bridgehead atoms. The first kappa shape index (κ1) is 27.7. The van der Waals surface area contributed by atoms with E-state index in [2.05, 4.69) is 21.7 Å². The van der Waals surface area contributed by atoms with Gasteiger partial charge in [0.1, 0.15) is 18.1 Å². The maximum absolute atomic E-state index is 14.4. The van der Waals surface area contributed by atoms with Crippen molar-refractivity contribution in [2.24, 2.45) is 17.3 Å². The fourth-order valence-corrected chi connectivity index (χ4v) is 6.68. The maximum atomic E-state index is 14.4. The van der Waals surface area contributed by atoms with Crippen LogP contribution in [-0.2, 0) is 19.1 Å². The van der Waals surface area contributed by atoms with Crippen molar-refractivity contribution in [2.45, 2.75) is 76.6 Å². The van der Waals surface area contributed by atoms with E-state index < -0.39 is 41.1 Å². The van der Waals surface area contributed by atoms with Crippen LogP contribution in [0.25, 0.3) is 0 Å². The van der Waals surface area contributed by atoms with Crippen molar-refractivity contribution in [3.8, 4) is 11.8 Å². The molecule has 2 N–H and O–H groups in total. The smallest absolute Gasteiger partial charge is 0.407 e. The molecule has 12 nitrogen and oxygen atoms in total.